The van der Waals surface area contributed by atoms with E-state index >= 15 is 0 Å². The van der Waals surface area contributed by atoms with Crippen molar-refractivity contribution in [1.82, 2.24) is 0 Å². The summed E-state index contributed by atoms with van der Waals surface area (Å²) in [5.74, 6) is 0. The minimum atomic E-state index is 0. The van der Waals surface area contributed by atoms with Crippen LogP contribution in [0.4, 0.5) is 0 Å². The molecule has 0 spiro atoms. The van der Waals surface area contributed by atoms with E-state index in [0.717, 1.165) is 6.42 Å². The van der Waals surface area contributed by atoms with Crippen molar-refractivity contribution >= 4 is 0 Å². The third-order valence-electron chi connectivity index (χ3n) is 2.14. The van der Waals surface area contributed by atoms with Gasteiger partial charge in [0.25, 0.3) is 0 Å². The van der Waals surface area contributed by atoms with Crippen molar-refractivity contribution in [1.29, 1.82) is 0 Å². The Hall–Kier alpha value is 0.124. The summed E-state index contributed by atoms with van der Waals surface area (Å²) in [5, 5.41) is 0. The third kappa shape index (κ3) is 12.4. The molecule has 1 aromatic carbocycles. The van der Waals surface area contributed by atoms with E-state index in [9.17, 15) is 0 Å². The molecule has 0 heterocycles. The zero-order chi connectivity index (χ0) is 10.1. The maximum atomic E-state index is 2.99. The fraction of sp³-hybridized carbons (Fsp3) is 0.357. The van der Waals surface area contributed by atoms with E-state index < -0.39 is 0 Å². The second kappa shape index (κ2) is 16.1. The van der Waals surface area contributed by atoms with Crippen LogP contribution in [0.25, 0.3) is 0 Å². The van der Waals surface area contributed by atoms with Gasteiger partial charge in [-0.15, -0.1) is 6.42 Å². The van der Waals surface area contributed by atoms with E-state index in [1.54, 1.807) is 0 Å². The summed E-state index contributed by atoms with van der Waals surface area (Å²) >= 11 is 0. The van der Waals surface area contributed by atoms with Gasteiger partial charge >= 0.3 is 21.7 Å². The third-order valence-corrected chi connectivity index (χ3v) is 2.14. The van der Waals surface area contributed by atoms with Crippen molar-refractivity contribution in [2.24, 2.45) is 0 Å². The molecular weight excluding hydrogens is 287 g/mol. The van der Waals surface area contributed by atoms with Gasteiger partial charge in [0.2, 0.25) is 0 Å². The Morgan fingerprint density at radius 1 is 1.18 bits per heavy atom. The maximum Gasteiger partial charge on any atom is 4.00 e. The molecule has 0 saturated carbocycles. The van der Waals surface area contributed by atoms with E-state index in [1.165, 1.54) is 24.8 Å². The maximum absolute atomic E-state index is 2.99. The van der Waals surface area contributed by atoms with E-state index in [1.807, 2.05) is 12.2 Å². The summed E-state index contributed by atoms with van der Waals surface area (Å²) in [6, 6.07) is 8.58. The minimum Gasteiger partial charge on any atom is -1.00 e. The molecule has 0 amide bonds. The van der Waals surface area contributed by atoms with E-state index in [4.69, 9.17) is 0 Å². The Balaban J connectivity index is -0.000000216. The number of aryl methyl sites for hydroxylation is 1. The van der Waals surface area contributed by atoms with Crippen LogP contribution in [0.15, 0.2) is 42.5 Å². The average Bonchev–Trinajstić information content (AvgIpc) is 2.90. The van der Waals surface area contributed by atoms with Crippen LogP contribution in [0.1, 0.15) is 31.7 Å². The molecule has 0 N–H and O–H groups in total. The Morgan fingerprint density at radius 3 is 2.18 bits per heavy atom. The van der Waals surface area contributed by atoms with Crippen LogP contribution in [-0.4, -0.2) is 0 Å². The summed E-state index contributed by atoms with van der Waals surface area (Å²) in [6.45, 7) is 2.23. The normalized spacial score (nSPS) is 10.4. The molecule has 0 radical (unpaired) electrons. The van der Waals surface area contributed by atoms with Gasteiger partial charge in [0.1, 0.15) is 0 Å². The molecule has 0 saturated heterocycles. The molecule has 1 aliphatic carbocycles. The van der Waals surface area contributed by atoms with Crippen molar-refractivity contribution in [3.63, 3.8) is 0 Å². The first-order chi connectivity index (χ1) is 6.93. The van der Waals surface area contributed by atoms with Crippen molar-refractivity contribution in [3.8, 4) is 0 Å². The van der Waals surface area contributed by atoms with Crippen molar-refractivity contribution < 1.29 is 46.5 Å². The monoisotopic (exact) mass is 304 g/mol. The van der Waals surface area contributed by atoms with Gasteiger partial charge in [-0.05, 0) is 0 Å². The predicted octanol–water partition coefficient (Wildman–Crippen LogP) is -1.94. The van der Waals surface area contributed by atoms with Crippen LogP contribution in [0.5, 0.6) is 0 Å². The molecule has 92 valence electrons. The Bertz CT molecular complexity index is 266. The van der Waals surface area contributed by atoms with Gasteiger partial charge < -0.3 is 24.8 Å². The van der Waals surface area contributed by atoms with Crippen LogP contribution in [0.2, 0.25) is 0 Å². The first kappa shape index (κ1) is 22.3. The first-order valence-electron chi connectivity index (χ1n) is 5.36. The Morgan fingerprint density at radius 2 is 1.82 bits per heavy atom. The molecule has 0 fully saturated rings. The van der Waals surface area contributed by atoms with Crippen molar-refractivity contribution in [2.75, 3.05) is 0 Å². The molecule has 2 rings (SSSR count). The van der Waals surface area contributed by atoms with Gasteiger partial charge in [0.05, 0.1) is 0 Å². The first-order valence-corrected chi connectivity index (χ1v) is 5.36. The number of hydrogen-bond donors (Lipinski definition) is 0. The van der Waals surface area contributed by atoms with Gasteiger partial charge in [0, 0.05) is 0 Å². The molecular formula is C14H18Cl2Ti. The fourth-order valence-electron chi connectivity index (χ4n) is 1.30. The molecule has 0 aromatic heterocycles. The quantitative estimate of drug-likeness (QED) is 0.450. The summed E-state index contributed by atoms with van der Waals surface area (Å²) < 4.78 is 0. The zero-order valence-corrected chi connectivity index (χ0v) is 13.2. The predicted molar refractivity (Wildman–Crippen MR) is 62.2 cm³/mol. The standard InChI is InChI=1S/C9H13.C5H5.2ClH.Ti/c1-2-3-6-9-7-4-5-8-9;1-2-4-5-3-1;;;/h4-5,7-8H,2-3,6H2,1H3;1-3H,4H2;2*1H;/q2*-1;;;+4/p-2. The molecule has 0 unspecified atom stereocenters. The van der Waals surface area contributed by atoms with Crippen molar-refractivity contribution in [3.05, 3.63) is 54.1 Å². The molecule has 0 bridgehead atoms. The summed E-state index contributed by atoms with van der Waals surface area (Å²) in [6.07, 6.45) is 13.9. The fourth-order valence-corrected chi connectivity index (χ4v) is 1.30. The van der Waals surface area contributed by atoms with Gasteiger partial charge in [-0.2, -0.15) is 23.8 Å². The van der Waals surface area contributed by atoms with Gasteiger partial charge in [-0.25, -0.2) is 24.3 Å². The minimum absolute atomic E-state index is 0. The van der Waals surface area contributed by atoms with Crippen LogP contribution in [-0.2, 0) is 28.1 Å². The molecule has 0 nitrogen and oxygen atoms in total. The van der Waals surface area contributed by atoms with Gasteiger partial charge in [-0.3, -0.25) is 6.08 Å². The SMILES string of the molecule is CCCC[c-]1cccc1.[C-]1=CC=CC1.[Cl-].[Cl-].[Ti+4]. The number of unbranched alkanes of at least 4 members (excludes halogenated alkanes) is 1. The summed E-state index contributed by atoms with van der Waals surface area (Å²) in [7, 11) is 0. The second-order valence-electron chi connectivity index (χ2n) is 3.40. The topological polar surface area (TPSA) is 0 Å². The number of rotatable bonds is 3. The van der Waals surface area contributed by atoms with Crippen molar-refractivity contribution in [2.45, 2.75) is 32.6 Å². The number of allylic oxidation sites excluding steroid dienone is 4. The molecule has 17 heavy (non-hydrogen) atoms. The molecule has 1 aliphatic rings. The van der Waals surface area contributed by atoms with Gasteiger partial charge in [-0.1, -0.05) is 26.2 Å². The molecule has 1 aromatic rings. The second-order valence-corrected chi connectivity index (χ2v) is 3.40. The van der Waals surface area contributed by atoms with Crippen LogP contribution in [0.3, 0.4) is 0 Å². The Labute approximate surface area is 133 Å². The molecule has 0 aliphatic heterocycles. The molecule has 3 heteroatoms. The van der Waals surface area contributed by atoms with E-state index in [2.05, 4.69) is 43.3 Å². The zero-order valence-electron chi connectivity index (χ0n) is 10.1. The van der Waals surface area contributed by atoms with Crippen LogP contribution >= 0.6 is 0 Å². The summed E-state index contributed by atoms with van der Waals surface area (Å²) in [4.78, 5) is 0. The largest absolute Gasteiger partial charge is 4.00 e. The summed E-state index contributed by atoms with van der Waals surface area (Å²) in [5.41, 5.74) is 1.48. The molecule has 0 atom stereocenters. The average molecular weight is 305 g/mol. The Kier molecular flexibility index (Phi) is 21.2. The number of hydrogen-bond acceptors (Lipinski definition) is 0. The van der Waals surface area contributed by atoms with Crippen LogP contribution in [0, 0.1) is 6.08 Å². The van der Waals surface area contributed by atoms with E-state index in [-0.39, 0.29) is 46.5 Å². The van der Waals surface area contributed by atoms with E-state index in [0.29, 0.717) is 0 Å². The van der Waals surface area contributed by atoms with Gasteiger partial charge in [0.15, 0.2) is 0 Å². The smallest absolute Gasteiger partial charge is 1.00 e. The van der Waals surface area contributed by atoms with Crippen LogP contribution < -0.4 is 24.8 Å². The number of halogens is 2.